The highest BCUT2D eigenvalue weighted by Crippen LogP contribution is 2.26. The van der Waals surface area contributed by atoms with Gasteiger partial charge in [0.15, 0.2) is 5.76 Å². The highest BCUT2D eigenvalue weighted by molar-refractivity contribution is 6.02. The number of amides is 3. The molecular formula is C23H34N4O3. The van der Waals surface area contributed by atoms with Crippen LogP contribution in [0.3, 0.4) is 0 Å². The van der Waals surface area contributed by atoms with Gasteiger partial charge in [0.05, 0.1) is 6.26 Å². The second-order valence-corrected chi connectivity index (χ2v) is 8.73. The Hall–Kier alpha value is -2.96. The van der Waals surface area contributed by atoms with Crippen molar-refractivity contribution in [2.45, 2.75) is 59.2 Å². The molecule has 2 N–H and O–H groups in total. The number of nitrogens with one attached hydrogen (secondary N) is 2. The number of rotatable bonds is 7. The van der Waals surface area contributed by atoms with E-state index in [0.717, 1.165) is 17.7 Å². The zero-order valence-corrected chi connectivity index (χ0v) is 19.1. The predicted octanol–water partition coefficient (Wildman–Crippen LogP) is 4.71. The summed E-state index contributed by atoms with van der Waals surface area (Å²) in [4.78, 5) is 29.2. The van der Waals surface area contributed by atoms with E-state index in [2.05, 4.69) is 17.6 Å². The zero-order valence-electron chi connectivity index (χ0n) is 19.1. The molecule has 30 heavy (non-hydrogen) atoms. The van der Waals surface area contributed by atoms with Gasteiger partial charge in [-0.3, -0.25) is 4.79 Å². The van der Waals surface area contributed by atoms with Crippen LogP contribution in [0.1, 0.15) is 57.2 Å². The van der Waals surface area contributed by atoms with Crippen LogP contribution in [-0.4, -0.2) is 42.5 Å². The summed E-state index contributed by atoms with van der Waals surface area (Å²) in [5.74, 6) is -0.0631. The van der Waals surface area contributed by atoms with E-state index in [0.29, 0.717) is 12.2 Å². The van der Waals surface area contributed by atoms with Gasteiger partial charge >= 0.3 is 6.03 Å². The van der Waals surface area contributed by atoms with Crippen molar-refractivity contribution in [2.75, 3.05) is 24.3 Å². The van der Waals surface area contributed by atoms with Crippen LogP contribution in [0.2, 0.25) is 0 Å². The Bertz CT molecular complexity index is 854. The fourth-order valence-corrected chi connectivity index (χ4v) is 3.05. The quantitative estimate of drug-likeness (QED) is 0.688. The molecule has 0 saturated heterocycles. The lowest BCUT2D eigenvalue weighted by atomic mass is 10.1. The first-order valence-electron chi connectivity index (χ1n) is 10.3. The molecule has 0 radical (unpaired) electrons. The van der Waals surface area contributed by atoms with Crippen molar-refractivity contribution < 1.29 is 14.0 Å². The van der Waals surface area contributed by atoms with Crippen molar-refractivity contribution >= 4 is 23.3 Å². The van der Waals surface area contributed by atoms with Crippen LogP contribution in [0, 0.1) is 0 Å². The monoisotopic (exact) mass is 414 g/mol. The van der Waals surface area contributed by atoms with E-state index >= 15 is 0 Å². The second-order valence-electron chi connectivity index (χ2n) is 8.73. The number of nitrogens with zero attached hydrogens (tertiary/aromatic N) is 2. The summed E-state index contributed by atoms with van der Waals surface area (Å²) in [6.45, 7) is 10.4. The molecule has 1 unspecified atom stereocenters. The lowest BCUT2D eigenvalue weighted by Crippen LogP contribution is -2.51. The largest absolute Gasteiger partial charge is 0.459 e. The van der Waals surface area contributed by atoms with Crippen LogP contribution >= 0.6 is 0 Å². The van der Waals surface area contributed by atoms with Crippen LogP contribution < -0.4 is 15.5 Å². The molecule has 0 spiro atoms. The number of hydrogen-bond donors (Lipinski definition) is 2. The van der Waals surface area contributed by atoms with Gasteiger partial charge in [-0.05, 0) is 70.0 Å². The maximum absolute atomic E-state index is 13.0. The van der Waals surface area contributed by atoms with Crippen molar-refractivity contribution in [2.24, 2.45) is 0 Å². The van der Waals surface area contributed by atoms with E-state index in [4.69, 9.17) is 4.42 Å². The second kappa shape index (κ2) is 9.69. The standard InChI is InChI=1S/C23H34N4O3/c1-8-16(2)27(22(29)25-23(3,4)5)15-17-14-18(11-12-19(17)26(6)7)24-21(28)20-10-9-13-30-20/h9-14,16H,8,15H2,1-7H3,(H,24,28)(H,25,29). The first-order chi connectivity index (χ1) is 14.0. The Kier molecular flexibility index (Phi) is 7.54. The van der Waals surface area contributed by atoms with Gasteiger partial charge in [0.2, 0.25) is 0 Å². The van der Waals surface area contributed by atoms with Crippen LogP contribution in [-0.2, 0) is 6.54 Å². The van der Waals surface area contributed by atoms with Gasteiger partial charge in [-0.15, -0.1) is 0 Å². The normalized spacial score (nSPS) is 12.2. The molecule has 0 aliphatic rings. The lowest BCUT2D eigenvalue weighted by molar-refractivity contribution is 0.0996. The number of anilines is 2. The third kappa shape index (κ3) is 6.27. The molecule has 1 heterocycles. The smallest absolute Gasteiger partial charge is 0.318 e. The van der Waals surface area contributed by atoms with Crippen molar-refractivity contribution in [1.82, 2.24) is 10.2 Å². The number of urea groups is 1. The van der Waals surface area contributed by atoms with Crippen molar-refractivity contribution in [1.29, 1.82) is 0 Å². The molecule has 2 rings (SSSR count). The molecule has 0 aliphatic carbocycles. The molecule has 2 aromatic rings. The van der Waals surface area contributed by atoms with Crippen LogP contribution in [0.25, 0.3) is 0 Å². The average Bonchev–Trinajstić information content (AvgIpc) is 3.18. The maximum atomic E-state index is 13.0. The van der Waals surface area contributed by atoms with Gasteiger partial charge in [-0.2, -0.15) is 0 Å². The van der Waals surface area contributed by atoms with Crippen LogP contribution in [0.15, 0.2) is 41.0 Å². The van der Waals surface area contributed by atoms with Gasteiger partial charge in [-0.25, -0.2) is 4.79 Å². The number of carbonyl (C=O) groups is 2. The molecule has 0 bridgehead atoms. The topological polar surface area (TPSA) is 77.8 Å². The molecule has 0 saturated carbocycles. The summed E-state index contributed by atoms with van der Waals surface area (Å²) in [5.41, 5.74) is 2.26. The van der Waals surface area contributed by atoms with Gasteiger partial charge < -0.3 is 24.9 Å². The first kappa shape index (κ1) is 23.3. The Morgan fingerprint density at radius 3 is 2.40 bits per heavy atom. The van der Waals surface area contributed by atoms with E-state index in [1.165, 1.54) is 6.26 Å². The Morgan fingerprint density at radius 1 is 1.17 bits per heavy atom. The molecule has 0 fully saturated rings. The van der Waals surface area contributed by atoms with Gasteiger partial charge in [0.1, 0.15) is 0 Å². The third-order valence-electron chi connectivity index (χ3n) is 4.77. The Morgan fingerprint density at radius 2 is 1.87 bits per heavy atom. The molecule has 164 valence electrons. The maximum Gasteiger partial charge on any atom is 0.318 e. The van der Waals surface area contributed by atoms with Crippen molar-refractivity contribution in [3.63, 3.8) is 0 Å². The average molecular weight is 415 g/mol. The summed E-state index contributed by atoms with van der Waals surface area (Å²) in [6, 6.07) is 8.96. The fraction of sp³-hybridized carbons (Fsp3) is 0.478. The third-order valence-corrected chi connectivity index (χ3v) is 4.77. The van der Waals surface area contributed by atoms with E-state index in [1.54, 1.807) is 12.1 Å². The van der Waals surface area contributed by atoms with Crippen LogP contribution in [0.4, 0.5) is 16.2 Å². The molecule has 3 amide bonds. The summed E-state index contributed by atoms with van der Waals surface area (Å²) in [7, 11) is 3.92. The van der Waals surface area contributed by atoms with E-state index in [-0.39, 0.29) is 29.3 Å². The lowest BCUT2D eigenvalue weighted by Gasteiger charge is -2.33. The SMILES string of the molecule is CCC(C)N(Cc1cc(NC(=O)c2ccco2)ccc1N(C)C)C(=O)NC(C)(C)C. The summed E-state index contributed by atoms with van der Waals surface area (Å²) < 4.78 is 5.17. The van der Waals surface area contributed by atoms with E-state index < -0.39 is 0 Å². The molecule has 1 atom stereocenters. The van der Waals surface area contributed by atoms with Gasteiger partial charge in [0, 0.05) is 43.6 Å². The summed E-state index contributed by atoms with van der Waals surface area (Å²) in [6.07, 6.45) is 2.30. The fourth-order valence-electron chi connectivity index (χ4n) is 3.05. The Labute approximate surface area is 179 Å². The Balaban J connectivity index is 2.33. The molecule has 1 aromatic heterocycles. The minimum absolute atomic E-state index is 0.0590. The molecule has 0 aliphatic heterocycles. The molecule has 7 heteroatoms. The summed E-state index contributed by atoms with van der Waals surface area (Å²) in [5, 5.41) is 5.92. The zero-order chi connectivity index (χ0) is 22.5. The summed E-state index contributed by atoms with van der Waals surface area (Å²) >= 11 is 0. The van der Waals surface area contributed by atoms with Gasteiger partial charge in [-0.1, -0.05) is 6.92 Å². The number of benzene rings is 1. The number of carbonyl (C=O) groups excluding carboxylic acids is 2. The molecule has 7 nitrogen and oxygen atoms in total. The molecular weight excluding hydrogens is 380 g/mol. The minimum atomic E-state index is -0.327. The van der Waals surface area contributed by atoms with Crippen molar-refractivity contribution in [3.8, 4) is 0 Å². The number of hydrogen-bond acceptors (Lipinski definition) is 4. The minimum Gasteiger partial charge on any atom is -0.459 e. The first-order valence-corrected chi connectivity index (χ1v) is 10.3. The van der Waals surface area contributed by atoms with Crippen molar-refractivity contribution in [3.05, 3.63) is 47.9 Å². The highest BCUT2D eigenvalue weighted by atomic mass is 16.3. The number of furan rings is 1. The van der Waals surface area contributed by atoms with Crippen LogP contribution in [0.5, 0.6) is 0 Å². The van der Waals surface area contributed by atoms with Gasteiger partial charge in [0.25, 0.3) is 5.91 Å². The highest BCUT2D eigenvalue weighted by Gasteiger charge is 2.24. The van der Waals surface area contributed by atoms with E-state index in [1.807, 2.05) is 69.8 Å². The molecule has 1 aromatic carbocycles. The van der Waals surface area contributed by atoms with E-state index in [9.17, 15) is 9.59 Å². The predicted molar refractivity (Wildman–Crippen MR) is 121 cm³/mol.